The lowest BCUT2D eigenvalue weighted by molar-refractivity contribution is 0.0698. The normalized spacial score (nSPS) is 12.1. The summed E-state index contributed by atoms with van der Waals surface area (Å²) in [6, 6.07) is 2.44. The first kappa shape index (κ1) is 18.0. The SMILES string of the molecule is CS(=O)(=O)CCS(=O)(=O)Nc1c(Cl)ccc(Cl)c1C(=O)O. The highest BCUT2D eigenvalue weighted by molar-refractivity contribution is 7.95. The van der Waals surface area contributed by atoms with Crippen LogP contribution in [0.1, 0.15) is 10.4 Å². The summed E-state index contributed by atoms with van der Waals surface area (Å²) in [7, 11) is -7.59. The molecule has 0 aliphatic carbocycles. The number of hydrogen-bond donors (Lipinski definition) is 2. The average molecular weight is 376 g/mol. The Balaban J connectivity index is 3.19. The summed E-state index contributed by atoms with van der Waals surface area (Å²) in [5.41, 5.74) is -0.905. The lowest BCUT2D eigenvalue weighted by Gasteiger charge is -2.13. The van der Waals surface area contributed by atoms with Crippen molar-refractivity contribution in [1.82, 2.24) is 0 Å². The maximum absolute atomic E-state index is 11.8. The minimum Gasteiger partial charge on any atom is -0.478 e. The molecule has 0 unspecified atom stereocenters. The van der Waals surface area contributed by atoms with Gasteiger partial charge in [0.15, 0.2) is 0 Å². The fraction of sp³-hybridized carbons (Fsp3) is 0.300. The number of hydrogen-bond acceptors (Lipinski definition) is 5. The van der Waals surface area contributed by atoms with E-state index < -0.39 is 48.6 Å². The van der Waals surface area contributed by atoms with Gasteiger partial charge in [0.2, 0.25) is 10.0 Å². The van der Waals surface area contributed by atoms with Crippen LogP contribution < -0.4 is 4.72 Å². The molecule has 0 fully saturated rings. The van der Waals surface area contributed by atoms with Crippen LogP contribution >= 0.6 is 23.2 Å². The van der Waals surface area contributed by atoms with Crippen LogP contribution in [0.2, 0.25) is 10.0 Å². The van der Waals surface area contributed by atoms with Crippen LogP contribution in [-0.4, -0.2) is 45.7 Å². The number of carboxylic acids is 1. The van der Waals surface area contributed by atoms with Gasteiger partial charge in [0.25, 0.3) is 0 Å². The summed E-state index contributed by atoms with van der Waals surface area (Å²) in [6.45, 7) is 0. The van der Waals surface area contributed by atoms with E-state index in [0.717, 1.165) is 6.26 Å². The van der Waals surface area contributed by atoms with Gasteiger partial charge in [-0.2, -0.15) is 0 Å². The van der Waals surface area contributed by atoms with Gasteiger partial charge in [0.05, 0.1) is 27.2 Å². The third kappa shape index (κ3) is 5.34. The van der Waals surface area contributed by atoms with Gasteiger partial charge in [0.1, 0.15) is 15.4 Å². The van der Waals surface area contributed by atoms with Crippen molar-refractivity contribution >= 4 is 54.7 Å². The van der Waals surface area contributed by atoms with E-state index in [0.29, 0.717) is 0 Å². The number of carboxylic acid groups (broad SMARTS) is 1. The number of nitrogens with one attached hydrogen (secondary N) is 1. The number of aromatic carboxylic acids is 1. The van der Waals surface area contributed by atoms with Gasteiger partial charge in [-0.1, -0.05) is 23.2 Å². The van der Waals surface area contributed by atoms with Crippen molar-refractivity contribution in [2.24, 2.45) is 0 Å². The van der Waals surface area contributed by atoms with Crippen molar-refractivity contribution in [1.29, 1.82) is 0 Å². The van der Waals surface area contributed by atoms with Crippen molar-refractivity contribution in [3.8, 4) is 0 Å². The van der Waals surface area contributed by atoms with Crippen LogP contribution in [0.15, 0.2) is 12.1 Å². The topological polar surface area (TPSA) is 118 Å². The monoisotopic (exact) mass is 375 g/mol. The highest BCUT2D eigenvalue weighted by Gasteiger charge is 2.23. The molecule has 0 saturated carbocycles. The van der Waals surface area contributed by atoms with Crippen molar-refractivity contribution in [3.63, 3.8) is 0 Å². The molecule has 0 aliphatic heterocycles. The number of sulfone groups is 1. The summed E-state index contributed by atoms with van der Waals surface area (Å²) < 4.78 is 47.6. The summed E-state index contributed by atoms with van der Waals surface area (Å²) in [5, 5.41) is 8.69. The van der Waals surface area contributed by atoms with Gasteiger partial charge in [-0.15, -0.1) is 0 Å². The van der Waals surface area contributed by atoms with Crippen molar-refractivity contribution in [2.75, 3.05) is 22.5 Å². The zero-order valence-electron chi connectivity index (χ0n) is 10.6. The first-order chi connectivity index (χ1) is 9.43. The van der Waals surface area contributed by atoms with Gasteiger partial charge in [0, 0.05) is 6.26 Å². The minimum atomic E-state index is -4.10. The van der Waals surface area contributed by atoms with Crippen LogP contribution in [0.3, 0.4) is 0 Å². The maximum Gasteiger partial charge on any atom is 0.339 e. The largest absolute Gasteiger partial charge is 0.478 e. The maximum atomic E-state index is 11.8. The molecule has 0 heterocycles. The molecule has 11 heteroatoms. The third-order valence-electron chi connectivity index (χ3n) is 2.30. The van der Waals surface area contributed by atoms with Crippen LogP contribution in [0.5, 0.6) is 0 Å². The van der Waals surface area contributed by atoms with Crippen molar-refractivity contribution in [3.05, 3.63) is 27.7 Å². The second-order valence-electron chi connectivity index (χ2n) is 4.14. The fourth-order valence-electron chi connectivity index (χ4n) is 1.33. The molecular formula is C10H11Cl2NO6S2. The number of sulfonamides is 1. The second kappa shape index (κ2) is 6.39. The smallest absolute Gasteiger partial charge is 0.339 e. The molecule has 21 heavy (non-hydrogen) atoms. The van der Waals surface area contributed by atoms with Crippen molar-refractivity contribution in [2.45, 2.75) is 0 Å². The van der Waals surface area contributed by atoms with Crippen molar-refractivity contribution < 1.29 is 26.7 Å². The Morgan fingerprint density at radius 3 is 2.14 bits per heavy atom. The zero-order valence-corrected chi connectivity index (χ0v) is 13.8. The van der Waals surface area contributed by atoms with E-state index in [1.54, 1.807) is 0 Å². The summed E-state index contributed by atoms with van der Waals surface area (Å²) in [4.78, 5) is 11.1. The number of benzene rings is 1. The molecular weight excluding hydrogens is 365 g/mol. The summed E-state index contributed by atoms with van der Waals surface area (Å²) >= 11 is 11.5. The predicted octanol–water partition coefficient (Wildman–Crippen LogP) is 1.48. The average Bonchev–Trinajstić information content (AvgIpc) is 2.30. The van der Waals surface area contributed by atoms with E-state index in [1.807, 2.05) is 4.72 Å². The first-order valence-electron chi connectivity index (χ1n) is 5.32. The van der Waals surface area contributed by atoms with Gasteiger partial charge in [-0.05, 0) is 12.1 Å². The summed E-state index contributed by atoms with van der Waals surface area (Å²) in [6.07, 6.45) is 0.886. The minimum absolute atomic E-state index is 0.167. The first-order valence-corrected chi connectivity index (χ1v) is 9.79. The van der Waals surface area contributed by atoms with Crippen LogP contribution in [-0.2, 0) is 19.9 Å². The lowest BCUT2D eigenvalue weighted by atomic mass is 10.2. The summed E-state index contributed by atoms with van der Waals surface area (Å²) in [5.74, 6) is -2.81. The Hall–Kier alpha value is -1.03. The molecule has 1 rings (SSSR count). The molecule has 1 aromatic carbocycles. The van der Waals surface area contributed by atoms with E-state index in [4.69, 9.17) is 28.3 Å². The van der Waals surface area contributed by atoms with E-state index in [9.17, 15) is 21.6 Å². The molecule has 118 valence electrons. The molecule has 0 aromatic heterocycles. The molecule has 0 radical (unpaired) electrons. The molecule has 0 atom stereocenters. The highest BCUT2D eigenvalue weighted by Crippen LogP contribution is 2.32. The molecule has 0 saturated heterocycles. The number of anilines is 1. The number of carbonyl (C=O) groups is 1. The molecule has 0 bridgehead atoms. The second-order valence-corrected chi connectivity index (χ2v) is 9.05. The van der Waals surface area contributed by atoms with Crippen LogP contribution in [0.25, 0.3) is 0 Å². The van der Waals surface area contributed by atoms with E-state index in [1.165, 1.54) is 12.1 Å². The van der Waals surface area contributed by atoms with E-state index in [-0.39, 0.29) is 10.0 Å². The van der Waals surface area contributed by atoms with E-state index >= 15 is 0 Å². The van der Waals surface area contributed by atoms with Gasteiger partial charge in [-0.3, -0.25) is 4.72 Å². The standard InChI is InChI=1S/C10H11Cl2NO6S2/c1-20(16,17)4-5-21(18,19)13-9-7(12)3-2-6(11)8(9)10(14)15/h2-3,13H,4-5H2,1H3,(H,14,15). The lowest BCUT2D eigenvalue weighted by Crippen LogP contribution is -2.23. The third-order valence-corrected chi connectivity index (χ3v) is 5.39. The van der Waals surface area contributed by atoms with Gasteiger partial charge < -0.3 is 5.11 Å². The number of rotatable bonds is 6. The fourth-order valence-corrected chi connectivity index (χ4v) is 4.54. The Morgan fingerprint density at radius 2 is 1.67 bits per heavy atom. The molecule has 7 nitrogen and oxygen atoms in total. The molecule has 0 amide bonds. The molecule has 0 spiro atoms. The highest BCUT2D eigenvalue weighted by atomic mass is 35.5. The predicted molar refractivity (Wildman–Crippen MR) is 80.5 cm³/mol. The van der Waals surface area contributed by atoms with Crippen LogP contribution in [0, 0.1) is 0 Å². The van der Waals surface area contributed by atoms with Crippen LogP contribution in [0.4, 0.5) is 5.69 Å². The molecule has 0 aliphatic rings. The van der Waals surface area contributed by atoms with Gasteiger partial charge >= 0.3 is 5.97 Å². The molecule has 2 N–H and O–H groups in total. The quantitative estimate of drug-likeness (QED) is 0.777. The Labute approximate surface area is 131 Å². The van der Waals surface area contributed by atoms with E-state index in [2.05, 4.69) is 0 Å². The Morgan fingerprint density at radius 1 is 1.14 bits per heavy atom. The Bertz CT molecular complexity index is 773. The van der Waals surface area contributed by atoms with Gasteiger partial charge in [-0.25, -0.2) is 21.6 Å². The Kier molecular flexibility index (Phi) is 5.48. The number of halogens is 2. The zero-order chi connectivity index (χ0) is 16.4. The molecule has 1 aromatic rings.